The Morgan fingerprint density at radius 3 is 2.34 bits per heavy atom. The lowest BCUT2D eigenvalue weighted by Crippen LogP contribution is -2.40. The number of nitrogens with zero attached hydrogens (tertiary/aromatic N) is 4. The molecular formula is C16H16Cl2N4O7. The lowest BCUT2D eigenvalue weighted by molar-refractivity contribution is -0.166. The van der Waals surface area contributed by atoms with Crippen molar-refractivity contribution in [3.05, 3.63) is 16.8 Å². The van der Waals surface area contributed by atoms with Crippen molar-refractivity contribution in [3.8, 4) is 11.5 Å². The van der Waals surface area contributed by atoms with Gasteiger partial charge in [-0.1, -0.05) is 11.6 Å². The van der Waals surface area contributed by atoms with E-state index in [-0.39, 0.29) is 28.6 Å². The Bertz CT molecular complexity index is 921. The third kappa shape index (κ3) is 4.41. The summed E-state index contributed by atoms with van der Waals surface area (Å²) in [5, 5.41) is -0.103. The van der Waals surface area contributed by atoms with E-state index in [0.29, 0.717) is 0 Å². The zero-order valence-corrected chi connectivity index (χ0v) is 17.0. The van der Waals surface area contributed by atoms with Gasteiger partial charge in [-0.25, -0.2) is 9.97 Å². The maximum atomic E-state index is 11.7. The maximum absolute atomic E-state index is 11.7. The Morgan fingerprint density at radius 1 is 1.07 bits per heavy atom. The van der Waals surface area contributed by atoms with Crippen LogP contribution in [0.4, 0.5) is 0 Å². The lowest BCUT2D eigenvalue weighted by atomic mass is 10.1. The van der Waals surface area contributed by atoms with Gasteiger partial charge in [0.25, 0.3) is 0 Å². The molecule has 0 N–H and O–H groups in total. The SMILES string of the molecule is CC(=O)OC[C@H]1O[C@@H](n2c(Cl)nc3ncnc-3c2Cl)[C@H](OC(C)=O)[C@H]1OC(C)=O. The van der Waals surface area contributed by atoms with Gasteiger partial charge in [-0.2, -0.15) is 4.98 Å². The predicted octanol–water partition coefficient (Wildman–Crippen LogP) is 1.41. The summed E-state index contributed by atoms with van der Waals surface area (Å²) < 4.78 is 22.7. The van der Waals surface area contributed by atoms with E-state index in [2.05, 4.69) is 15.0 Å². The van der Waals surface area contributed by atoms with Gasteiger partial charge in [-0.05, 0) is 11.6 Å². The third-order valence-electron chi connectivity index (χ3n) is 3.98. The first kappa shape index (κ1) is 21.2. The van der Waals surface area contributed by atoms with Crippen molar-refractivity contribution in [3.63, 3.8) is 0 Å². The molecule has 3 heterocycles. The molecule has 156 valence electrons. The summed E-state index contributed by atoms with van der Waals surface area (Å²) in [5.74, 6) is -1.67. The average Bonchev–Trinajstić information content (AvgIpc) is 3.19. The number of imidazole rings is 1. The Labute approximate surface area is 174 Å². The van der Waals surface area contributed by atoms with Crippen molar-refractivity contribution in [1.29, 1.82) is 0 Å². The zero-order valence-electron chi connectivity index (χ0n) is 15.5. The second-order valence-corrected chi connectivity index (χ2v) is 6.80. The van der Waals surface area contributed by atoms with Gasteiger partial charge in [0.05, 0.1) is 0 Å². The second kappa shape index (κ2) is 8.47. The van der Waals surface area contributed by atoms with Gasteiger partial charge in [-0.15, -0.1) is 0 Å². The number of rotatable bonds is 5. The Morgan fingerprint density at radius 2 is 1.72 bits per heavy atom. The molecule has 0 aromatic rings. The highest BCUT2D eigenvalue weighted by atomic mass is 35.5. The average molecular weight is 447 g/mol. The number of ether oxygens (including phenoxy) is 4. The molecule has 0 radical (unpaired) electrons. The maximum Gasteiger partial charge on any atom is 0.303 e. The molecule has 0 aromatic heterocycles. The number of halogens is 2. The molecule has 0 unspecified atom stereocenters. The molecule has 3 rings (SSSR count). The molecule has 0 aliphatic carbocycles. The third-order valence-corrected chi connectivity index (χ3v) is 4.61. The van der Waals surface area contributed by atoms with E-state index in [4.69, 9.17) is 42.1 Å². The fraction of sp³-hybridized carbons (Fsp3) is 0.500. The highest BCUT2D eigenvalue weighted by Crippen LogP contribution is 2.40. The molecule has 0 spiro atoms. The van der Waals surface area contributed by atoms with E-state index in [1.807, 2.05) is 0 Å². The van der Waals surface area contributed by atoms with Crippen LogP contribution >= 0.6 is 23.2 Å². The highest BCUT2D eigenvalue weighted by molar-refractivity contribution is 6.34. The van der Waals surface area contributed by atoms with Crippen molar-refractivity contribution in [1.82, 2.24) is 19.5 Å². The molecule has 13 heteroatoms. The molecule has 1 saturated heterocycles. The van der Waals surface area contributed by atoms with Crippen LogP contribution in [0.15, 0.2) is 6.33 Å². The largest absolute Gasteiger partial charge is 0.463 e. The molecule has 3 aliphatic heterocycles. The van der Waals surface area contributed by atoms with Crippen LogP contribution in [0.1, 0.15) is 27.0 Å². The van der Waals surface area contributed by atoms with Crippen LogP contribution in [0.3, 0.4) is 0 Å². The molecule has 3 aliphatic rings. The number of aromatic nitrogens is 4. The molecule has 4 atom stereocenters. The van der Waals surface area contributed by atoms with Gasteiger partial charge in [0.15, 0.2) is 24.3 Å². The molecule has 0 aromatic carbocycles. The zero-order chi connectivity index (χ0) is 21.3. The first-order chi connectivity index (χ1) is 13.7. The number of hydrogen-bond donors (Lipinski definition) is 0. The number of fused-ring (bicyclic) bond motifs is 1. The molecule has 11 nitrogen and oxygen atoms in total. The van der Waals surface area contributed by atoms with Gasteiger partial charge >= 0.3 is 17.9 Å². The minimum absolute atomic E-state index is 0.0226. The van der Waals surface area contributed by atoms with E-state index in [0.717, 1.165) is 0 Å². The van der Waals surface area contributed by atoms with Crippen LogP contribution < -0.4 is 0 Å². The molecule has 0 bridgehead atoms. The molecular weight excluding hydrogens is 431 g/mol. The van der Waals surface area contributed by atoms with Crippen LogP contribution in [0.25, 0.3) is 11.5 Å². The monoisotopic (exact) mass is 446 g/mol. The van der Waals surface area contributed by atoms with Gasteiger partial charge in [0.1, 0.15) is 29.9 Å². The van der Waals surface area contributed by atoms with Crippen molar-refractivity contribution in [2.75, 3.05) is 6.61 Å². The van der Waals surface area contributed by atoms with Gasteiger partial charge < -0.3 is 18.9 Å². The first-order valence-electron chi connectivity index (χ1n) is 8.36. The topological polar surface area (TPSA) is 132 Å². The van der Waals surface area contributed by atoms with E-state index >= 15 is 0 Å². The fourth-order valence-electron chi connectivity index (χ4n) is 2.94. The summed E-state index contributed by atoms with van der Waals surface area (Å²) in [6, 6.07) is 0. The number of hydrogen-bond acceptors (Lipinski definition) is 10. The molecule has 0 amide bonds. The van der Waals surface area contributed by atoms with Crippen LogP contribution in [-0.4, -0.2) is 62.3 Å². The van der Waals surface area contributed by atoms with Gasteiger partial charge in [0, 0.05) is 20.8 Å². The number of esters is 3. The summed E-state index contributed by atoms with van der Waals surface area (Å²) in [4.78, 5) is 46.6. The van der Waals surface area contributed by atoms with Crippen molar-refractivity contribution >= 4 is 41.1 Å². The van der Waals surface area contributed by atoms with E-state index in [9.17, 15) is 14.4 Å². The minimum atomic E-state index is -1.15. The molecule has 1 fully saturated rings. The fourth-order valence-corrected chi connectivity index (χ4v) is 3.55. The molecule has 29 heavy (non-hydrogen) atoms. The van der Waals surface area contributed by atoms with Crippen molar-refractivity contribution in [2.45, 2.75) is 45.3 Å². The van der Waals surface area contributed by atoms with Crippen LogP contribution in [-0.2, 0) is 33.3 Å². The summed E-state index contributed by atoms with van der Waals surface area (Å²) in [5.41, 5.74) is 0.244. The van der Waals surface area contributed by atoms with E-state index in [1.54, 1.807) is 0 Å². The first-order valence-corrected chi connectivity index (χ1v) is 9.11. The summed E-state index contributed by atoms with van der Waals surface area (Å²) in [7, 11) is 0. The predicted molar refractivity (Wildman–Crippen MR) is 96.1 cm³/mol. The quantitative estimate of drug-likeness (QED) is 0.287. The summed E-state index contributed by atoms with van der Waals surface area (Å²) in [6.07, 6.45) is -3.09. The number of carbonyl (C=O) groups excluding carboxylic acids is 3. The van der Waals surface area contributed by atoms with Crippen molar-refractivity contribution < 1.29 is 33.3 Å². The van der Waals surface area contributed by atoms with Crippen molar-refractivity contribution in [2.24, 2.45) is 0 Å². The Hall–Kier alpha value is -2.50. The summed E-state index contributed by atoms with van der Waals surface area (Å²) in [6.45, 7) is 3.31. The Balaban J connectivity index is 2.06. The Kier molecular flexibility index (Phi) is 6.20. The van der Waals surface area contributed by atoms with Gasteiger partial charge in [0.2, 0.25) is 5.28 Å². The molecule has 0 saturated carbocycles. The second-order valence-electron chi connectivity index (χ2n) is 6.10. The smallest absolute Gasteiger partial charge is 0.303 e. The van der Waals surface area contributed by atoms with Crippen LogP contribution in [0.5, 0.6) is 0 Å². The normalized spacial score (nSPS) is 23.8. The minimum Gasteiger partial charge on any atom is -0.463 e. The van der Waals surface area contributed by atoms with E-state index < -0.39 is 42.4 Å². The number of carbonyl (C=O) groups is 3. The van der Waals surface area contributed by atoms with Gasteiger partial charge in [-0.3, -0.25) is 19.0 Å². The summed E-state index contributed by atoms with van der Waals surface area (Å²) >= 11 is 12.7. The van der Waals surface area contributed by atoms with E-state index in [1.165, 1.54) is 31.7 Å². The lowest BCUT2D eigenvalue weighted by Gasteiger charge is -2.25. The standard InChI is InChI=1S/C16H16Cl2N4O7/c1-6(23)26-4-9-11(27-7(2)24)12(28-8(3)25)15(29-9)22-13(17)10-14(20-5-19-10)21-16(22)18/h5,9,11-12,15H,4H2,1-3H3/t9-,11+,12-,15-/m1/s1. The highest BCUT2D eigenvalue weighted by Gasteiger charge is 2.51. The van der Waals surface area contributed by atoms with Crippen LogP contribution in [0.2, 0.25) is 10.4 Å². The van der Waals surface area contributed by atoms with Crippen LogP contribution in [0, 0.1) is 0 Å².